The van der Waals surface area contributed by atoms with Crippen LogP contribution in [-0.2, 0) is 20.7 Å². The highest BCUT2D eigenvalue weighted by Gasteiger charge is 2.38. The zero-order valence-electron chi connectivity index (χ0n) is 19.3. The first-order chi connectivity index (χ1) is 17.4. The lowest BCUT2D eigenvalue weighted by molar-refractivity contribution is -0.120. The molecule has 0 aromatic heterocycles. The van der Waals surface area contributed by atoms with Crippen molar-refractivity contribution in [2.24, 2.45) is 5.10 Å². The Balaban J connectivity index is 1.55. The Morgan fingerprint density at radius 1 is 1.03 bits per heavy atom. The van der Waals surface area contributed by atoms with Gasteiger partial charge in [0.05, 0.1) is 24.3 Å². The van der Waals surface area contributed by atoms with Crippen molar-refractivity contribution in [2.45, 2.75) is 19.3 Å². The SMILES string of the molecule is CCOC(=O)c1ccc(N2C(=O)c3ccccc3C(C=NNC(=O)Cc3ccc(F)cc3)C2=O)cc1. The summed E-state index contributed by atoms with van der Waals surface area (Å²) >= 11 is 0. The van der Waals surface area contributed by atoms with Gasteiger partial charge in [0.25, 0.3) is 5.91 Å². The quantitative estimate of drug-likeness (QED) is 0.237. The molecule has 0 saturated carbocycles. The van der Waals surface area contributed by atoms with Crippen LogP contribution in [0.4, 0.5) is 10.1 Å². The van der Waals surface area contributed by atoms with Crippen LogP contribution in [0.3, 0.4) is 0 Å². The van der Waals surface area contributed by atoms with E-state index >= 15 is 0 Å². The molecule has 0 fully saturated rings. The molecule has 0 saturated heterocycles. The van der Waals surface area contributed by atoms with Crippen LogP contribution in [0.5, 0.6) is 0 Å². The number of nitrogens with one attached hydrogen (secondary N) is 1. The topological polar surface area (TPSA) is 105 Å². The van der Waals surface area contributed by atoms with Gasteiger partial charge in [0.15, 0.2) is 0 Å². The number of halogens is 1. The number of benzene rings is 3. The molecule has 0 aliphatic carbocycles. The number of carbonyl (C=O) groups excluding carboxylic acids is 4. The van der Waals surface area contributed by atoms with Crippen molar-refractivity contribution in [2.75, 3.05) is 11.5 Å². The van der Waals surface area contributed by atoms with Gasteiger partial charge in [-0.15, -0.1) is 0 Å². The summed E-state index contributed by atoms with van der Waals surface area (Å²) in [4.78, 5) is 51.8. The molecular weight excluding hydrogens is 465 g/mol. The van der Waals surface area contributed by atoms with Gasteiger partial charge >= 0.3 is 5.97 Å². The molecule has 1 heterocycles. The maximum absolute atomic E-state index is 13.4. The standard InChI is InChI=1S/C27H22FN3O5/c1-2-36-27(35)18-9-13-20(14-10-18)31-25(33)22-6-4-3-5-21(22)23(26(31)34)16-29-30-24(32)15-17-7-11-19(28)12-8-17/h3-14,16,23H,2,15H2,1H3,(H,30,32). The summed E-state index contributed by atoms with van der Waals surface area (Å²) in [6.07, 6.45) is 1.25. The molecule has 1 unspecified atom stereocenters. The van der Waals surface area contributed by atoms with Crippen LogP contribution in [-0.4, -0.2) is 36.5 Å². The van der Waals surface area contributed by atoms with Crippen molar-refractivity contribution in [1.29, 1.82) is 0 Å². The second-order valence-electron chi connectivity index (χ2n) is 7.93. The summed E-state index contributed by atoms with van der Waals surface area (Å²) in [6, 6.07) is 18.1. The summed E-state index contributed by atoms with van der Waals surface area (Å²) in [5.74, 6) is -3.36. The molecule has 3 aromatic rings. The van der Waals surface area contributed by atoms with E-state index in [9.17, 15) is 23.6 Å². The summed E-state index contributed by atoms with van der Waals surface area (Å²) in [5, 5.41) is 3.95. The van der Waals surface area contributed by atoms with E-state index in [1.54, 1.807) is 31.2 Å². The van der Waals surface area contributed by atoms with Gasteiger partial charge < -0.3 is 4.74 Å². The number of nitrogens with zero attached hydrogens (tertiary/aromatic N) is 2. The van der Waals surface area contributed by atoms with Gasteiger partial charge in [-0.05, 0) is 60.5 Å². The van der Waals surface area contributed by atoms with Gasteiger partial charge in [-0.1, -0.05) is 30.3 Å². The Hall–Kier alpha value is -4.66. The molecule has 1 N–H and O–H groups in total. The van der Waals surface area contributed by atoms with E-state index in [2.05, 4.69) is 10.5 Å². The number of hydrazone groups is 1. The van der Waals surface area contributed by atoms with Gasteiger partial charge in [-0.3, -0.25) is 14.4 Å². The molecule has 0 bridgehead atoms. The maximum Gasteiger partial charge on any atom is 0.338 e. The molecular formula is C27H22FN3O5. The number of fused-ring (bicyclic) bond motifs is 1. The van der Waals surface area contributed by atoms with E-state index in [4.69, 9.17) is 4.74 Å². The van der Waals surface area contributed by atoms with E-state index < -0.39 is 35.4 Å². The summed E-state index contributed by atoms with van der Waals surface area (Å²) in [5.41, 5.74) is 4.33. The van der Waals surface area contributed by atoms with Crippen LogP contribution in [0.15, 0.2) is 77.9 Å². The van der Waals surface area contributed by atoms with Gasteiger partial charge in [-0.25, -0.2) is 19.5 Å². The monoisotopic (exact) mass is 487 g/mol. The third-order valence-electron chi connectivity index (χ3n) is 5.54. The van der Waals surface area contributed by atoms with Gasteiger partial charge in [-0.2, -0.15) is 5.10 Å². The largest absolute Gasteiger partial charge is 0.462 e. The fourth-order valence-electron chi connectivity index (χ4n) is 3.82. The number of amides is 3. The molecule has 1 aliphatic heterocycles. The van der Waals surface area contributed by atoms with Crippen molar-refractivity contribution in [3.05, 3.63) is 101 Å². The lowest BCUT2D eigenvalue weighted by Gasteiger charge is -2.30. The molecule has 1 atom stereocenters. The normalized spacial score (nSPS) is 15.1. The summed E-state index contributed by atoms with van der Waals surface area (Å²) < 4.78 is 18.0. The first kappa shape index (κ1) is 24.5. The Labute approximate surface area is 206 Å². The van der Waals surface area contributed by atoms with Crippen molar-refractivity contribution in [1.82, 2.24) is 5.43 Å². The van der Waals surface area contributed by atoms with Crippen molar-refractivity contribution in [3.63, 3.8) is 0 Å². The first-order valence-corrected chi connectivity index (χ1v) is 11.2. The first-order valence-electron chi connectivity index (χ1n) is 11.2. The number of rotatable bonds is 7. The van der Waals surface area contributed by atoms with Crippen LogP contribution in [0.2, 0.25) is 0 Å². The predicted octanol–water partition coefficient (Wildman–Crippen LogP) is 3.62. The molecule has 4 rings (SSSR count). The highest BCUT2D eigenvalue weighted by molar-refractivity contribution is 6.29. The second kappa shape index (κ2) is 10.7. The smallest absolute Gasteiger partial charge is 0.338 e. The summed E-state index contributed by atoms with van der Waals surface area (Å²) in [7, 11) is 0. The van der Waals surface area contributed by atoms with Crippen molar-refractivity contribution < 1.29 is 28.3 Å². The lowest BCUT2D eigenvalue weighted by atomic mass is 9.89. The number of anilines is 1. The average Bonchev–Trinajstić information content (AvgIpc) is 2.88. The van der Waals surface area contributed by atoms with Gasteiger partial charge in [0.2, 0.25) is 11.8 Å². The van der Waals surface area contributed by atoms with Crippen molar-refractivity contribution >= 4 is 35.6 Å². The number of ether oxygens (including phenoxy) is 1. The second-order valence-corrected chi connectivity index (χ2v) is 7.93. The molecule has 1 aliphatic rings. The number of imide groups is 1. The maximum atomic E-state index is 13.4. The Morgan fingerprint density at radius 3 is 2.42 bits per heavy atom. The van der Waals surface area contributed by atoms with E-state index in [0.717, 1.165) is 4.90 Å². The Kier molecular flexibility index (Phi) is 7.29. The minimum atomic E-state index is -0.935. The minimum Gasteiger partial charge on any atom is -0.462 e. The number of esters is 1. The van der Waals surface area contributed by atoms with Gasteiger partial charge in [0, 0.05) is 11.8 Å². The van der Waals surface area contributed by atoms with Crippen LogP contribution in [0.1, 0.15) is 44.7 Å². The average molecular weight is 487 g/mol. The van der Waals surface area contributed by atoms with Crippen LogP contribution < -0.4 is 10.3 Å². The van der Waals surface area contributed by atoms with Gasteiger partial charge in [0.1, 0.15) is 11.7 Å². The van der Waals surface area contributed by atoms with E-state index in [-0.39, 0.29) is 18.7 Å². The fraction of sp³-hybridized carbons (Fsp3) is 0.148. The van der Waals surface area contributed by atoms with E-state index in [1.807, 2.05) is 0 Å². The predicted molar refractivity (Wildman–Crippen MR) is 130 cm³/mol. The van der Waals surface area contributed by atoms with E-state index in [1.165, 1.54) is 54.7 Å². The number of carbonyl (C=O) groups is 4. The molecule has 0 spiro atoms. The third kappa shape index (κ3) is 5.20. The van der Waals surface area contributed by atoms with E-state index in [0.29, 0.717) is 22.3 Å². The molecule has 182 valence electrons. The van der Waals surface area contributed by atoms with Crippen LogP contribution >= 0.6 is 0 Å². The van der Waals surface area contributed by atoms with Crippen LogP contribution in [0.25, 0.3) is 0 Å². The highest BCUT2D eigenvalue weighted by Crippen LogP contribution is 2.32. The molecule has 0 radical (unpaired) electrons. The number of hydrogen-bond acceptors (Lipinski definition) is 6. The molecule has 36 heavy (non-hydrogen) atoms. The van der Waals surface area contributed by atoms with Crippen LogP contribution in [0, 0.1) is 5.82 Å². The summed E-state index contributed by atoms with van der Waals surface area (Å²) in [6.45, 7) is 1.92. The number of hydrogen-bond donors (Lipinski definition) is 1. The fourth-order valence-corrected chi connectivity index (χ4v) is 3.82. The Bertz CT molecular complexity index is 1340. The molecule has 8 nitrogen and oxygen atoms in total. The lowest BCUT2D eigenvalue weighted by Crippen LogP contribution is -2.45. The Morgan fingerprint density at radius 2 is 1.72 bits per heavy atom. The zero-order chi connectivity index (χ0) is 25.7. The highest BCUT2D eigenvalue weighted by atomic mass is 19.1. The third-order valence-corrected chi connectivity index (χ3v) is 5.54. The van der Waals surface area contributed by atoms with Crippen molar-refractivity contribution in [3.8, 4) is 0 Å². The molecule has 3 aromatic carbocycles. The molecule has 3 amide bonds. The molecule has 9 heteroatoms. The zero-order valence-corrected chi connectivity index (χ0v) is 19.3. The minimum absolute atomic E-state index is 0.0236.